The van der Waals surface area contributed by atoms with Crippen LogP contribution in [-0.4, -0.2) is 66.6 Å². The van der Waals surface area contributed by atoms with Gasteiger partial charge in [-0.1, -0.05) is 23.9 Å². The molecule has 0 bridgehead atoms. The fourth-order valence-electron chi connectivity index (χ4n) is 4.17. The zero-order valence-electron chi connectivity index (χ0n) is 17.7. The topological polar surface area (TPSA) is 75.9 Å². The van der Waals surface area contributed by atoms with Crippen molar-refractivity contribution >= 4 is 23.4 Å². The summed E-state index contributed by atoms with van der Waals surface area (Å²) in [6, 6.07) is 10.5. The number of hydrogen-bond donors (Lipinski definition) is 0. The predicted molar refractivity (Wildman–Crippen MR) is 120 cm³/mol. The first kappa shape index (κ1) is 22.7. The number of likely N-dealkylation sites (tertiary alicyclic amines) is 1. The van der Waals surface area contributed by atoms with Crippen molar-refractivity contribution in [3.8, 4) is 0 Å². The number of halogens is 1. The van der Waals surface area contributed by atoms with Crippen LogP contribution in [0.25, 0.3) is 0 Å². The molecule has 0 radical (unpaired) electrons. The van der Waals surface area contributed by atoms with E-state index >= 15 is 0 Å². The van der Waals surface area contributed by atoms with E-state index in [2.05, 4.69) is 4.90 Å². The molecule has 2 saturated heterocycles. The zero-order valence-corrected chi connectivity index (χ0v) is 18.6. The zero-order chi connectivity index (χ0) is 22.5. The molecule has 2 aromatic rings. The average molecular weight is 460 g/mol. The maximum atomic E-state index is 14.2. The van der Waals surface area contributed by atoms with Gasteiger partial charge in [0.15, 0.2) is 0 Å². The van der Waals surface area contributed by atoms with Gasteiger partial charge in [-0.3, -0.25) is 19.8 Å². The van der Waals surface area contributed by atoms with Crippen LogP contribution in [0, 0.1) is 21.8 Å². The Kier molecular flexibility index (Phi) is 7.39. The van der Waals surface area contributed by atoms with Crippen molar-refractivity contribution in [2.45, 2.75) is 22.6 Å². The normalized spacial score (nSPS) is 18.0. The van der Waals surface area contributed by atoms with Gasteiger partial charge in [-0.2, -0.15) is 0 Å². The van der Waals surface area contributed by atoms with Crippen molar-refractivity contribution in [2.24, 2.45) is 5.92 Å². The maximum Gasteiger partial charge on any atom is 0.270 e. The molecular weight excluding hydrogens is 433 g/mol. The maximum absolute atomic E-state index is 14.2. The van der Waals surface area contributed by atoms with E-state index in [1.54, 1.807) is 23.1 Å². The van der Waals surface area contributed by atoms with E-state index in [0.717, 1.165) is 57.5 Å². The molecule has 0 saturated carbocycles. The number of piperidine rings is 1. The van der Waals surface area contributed by atoms with Crippen LogP contribution in [0.4, 0.5) is 10.1 Å². The van der Waals surface area contributed by atoms with Crippen molar-refractivity contribution in [3.63, 3.8) is 0 Å². The summed E-state index contributed by atoms with van der Waals surface area (Å²) in [4.78, 5) is 29.2. The summed E-state index contributed by atoms with van der Waals surface area (Å²) in [5.74, 6) is -0.106. The lowest BCUT2D eigenvalue weighted by Crippen LogP contribution is -2.44. The molecule has 32 heavy (non-hydrogen) atoms. The molecule has 2 aliphatic heterocycles. The third-order valence-electron chi connectivity index (χ3n) is 5.98. The van der Waals surface area contributed by atoms with Crippen LogP contribution < -0.4 is 0 Å². The average Bonchev–Trinajstić information content (AvgIpc) is 2.81. The summed E-state index contributed by atoms with van der Waals surface area (Å²) in [6.07, 6.45) is 1.79. The van der Waals surface area contributed by atoms with Crippen LogP contribution in [0.15, 0.2) is 52.3 Å². The number of carbonyl (C=O) groups excluding carboxylic acids is 1. The lowest BCUT2D eigenvalue weighted by Gasteiger charge is -2.36. The predicted octanol–water partition coefficient (Wildman–Crippen LogP) is 4.07. The molecule has 1 amide bonds. The molecule has 170 valence electrons. The van der Waals surface area contributed by atoms with Gasteiger partial charge in [0.05, 0.1) is 23.7 Å². The first-order chi connectivity index (χ1) is 15.5. The van der Waals surface area contributed by atoms with Crippen LogP contribution in [0.3, 0.4) is 0 Å². The highest BCUT2D eigenvalue weighted by molar-refractivity contribution is 7.99. The summed E-state index contributed by atoms with van der Waals surface area (Å²) in [7, 11) is 0. The van der Waals surface area contributed by atoms with Crippen LogP contribution in [0.1, 0.15) is 23.2 Å². The first-order valence-electron chi connectivity index (χ1n) is 10.8. The van der Waals surface area contributed by atoms with Crippen molar-refractivity contribution in [3.05, 3.63) is 64.0 Å². The molecule has 0 atom stereocenters. The Morgan fingerprint density at radius 1 is 1.09 bits per heavy atom. The molecule has 0 unspecified atom stereocenters. The smallest absolute Gasteiger partial charge is 0.270 e. The van der Waals surface area contributed by atoms with E-state index in [1.807, 2.05) is 0 Å². The number of carbonyl (C=O) groups is 1. The fourth-order valence-corrected chi connectivity index (χ4v) is 5.11. The number of hydrogen-bond acceptors (Lipinski definition) is 6. The van der Waals surface area contributed by atoms with E-state index in [0.29, 0.717) is 28.8 Å². The van der Waals surface area contributed by atoms with Gasteiger partial charge in [-0.05, 0) is 37.0 Å². The van der Waals surface area contributed by atoms with Gasteiger partial charge in [0, 0.05) is 54.6 Å². The van der Waals surface area contributed by atoms with Gasteiger partial charge in [0.25, 0.3) is 11.6 Å². The van der Waals surface area contributed by atoms with Gasteiger partial charge < -0.3 is 9.64 Å². The van der Waals surface area contributed by atoms with Crippen molar-refractivity contribution in [2.75, 3.05) is 45.9 Å². The Morgan fingerprint density at radius 2 is 1.81 bits per heavy atom. The van der Waals surface area contributed by atoms with Gasteiger partial charge in [-0.15, -0.1) is 0 Å². The van der Waals surface area contributed by atoms with Gasteiger partial charge in [-0.25, -0.2) is 4.39 Å². The molecule has 2 aromatic carbocycles. The minimum atomic E-state index is -0.511. The molecule has 2 fully saturated rings. The lowest BCUT2D eigenvalue weighted by molar-refractivity contribution is -0.384. The van der Waals surface area contributed by atoms with Crippen molar-refractivity contribution in [1.29, 1.82) is 0 Å². The number of ether oxygens (including phenoxy) is 1. The minimum absolute atomic E-state index is 0.145. The van der Waals surface area contributed by atoms with Crippen LogP contribution in [-0.2, 0) is 4.74 Å². The molecule has 7 nitrogen and oxygen atoms in total. The number of morpholine rings is 1. The van der Waals surface area contributed by atoms with Crippen molar-refractivity contribution < 1.29 is 18.8 Å². The summed E-state index contributed by atoms with van der Waals surface area (Å²) >= 11 is 1.11. The second-order valence-electron chi connectivity index (χ2n) is 8.12. The molecule has 0 N–H and O–H groups in total. The standard InChI is InChI=1S/C23H26FN3O4S/c24-20-3-1-2-4-22(20)32-21-6-5-18(27(29)30)15-19(21)23(28)26-9-7-17(8-10-26)16-25-11-13-31-14-12-25/h1-6,15,17H,7-14,16H2. The van der Waals surface area contributed by atoms with E-state index in [1.165, 1.54) is 24.3 Å². The molecule has 0 spiro atoms. The highest BCUT2D eigenvalue weighted by Crippen LogP contribution is 2.35. The summed E-state index contributed by atoms with van der Waals surface area (Å²) in [5, 5.41) is 11.3. The summed E-state index contributed by atoms with van der Waals surface area (Å²) < 4.78 is 19.6. The quantitative estimate of drug-likeness (QED) is 0.479. The minimum Gasteiger partial charge on any atom is -0.379 e. The number of nitrogens with zero attached hydrogens (tertiary/aromatic N) is 3. The number of rotatable bonds is 6. The van der Waals surface area contributed by atoms with E-state index in [9.17, 15) is 19.3 Å². The molecule has 4 rings (SSSR count). The van der Waals surface area contributed by atoms with Gasteiger partial charge in [0.1, 0.15) is 5.82 Å². The first-order valence-corrected chi connectivity index (χ1v) is 11.6. The number of benzene rings is 2. The summed E-state index contributed by atoms with van der Waals surface area (Å²) in [6.45, 7) is 5.67. The van der Waals surface area contributed by atoms with Gasteiger partial charge in [0.2, 0.25) is 0 Å². The highest BCUT2D eigenvalue weighted by atomic mass is 32.2. The Bertz CT molecular complexity index is 975. The number of non-ortho nitro benzene ring substituents is 1. The SMILES string of the molecule is O=C(c1cc([N+](=O)[O-])ccc1Sc1ccccc1F)N1CCC(CN2CCOCC2)CC1. The van der Waals surface area contributed by atoms with E-state index in [4.69, 9.17) is 4.74 Å². The van der Waals surface area contributed by atoms with Crippen LogP contribution in [0.2, 0.25) is 0 Å². The molecular formula is C23H26FN3O4S. The second kappa shape index (κ2) is 10.4. The summed E-state index contributed by atoms with van der Waals surface area (Å²) in [5.41, 5.74) is 0.104. The molecule has 0 aromatic heterocycles. The Balaban J connectivity index is 1.47. The third kappa shape index (κ3) is 5.46. The molecule has 9 heteroatoms. The molecule has 0 aliphatic carbocycles. The number of amides is 1. The molecule has 2 aliphatic rings. The van der Waals surface area contributed by atoms with E-state index < -0.39 is 10.7 Å². The molecule has 2 heterocycles. The number of nitro groups is 1. The Hall–Kier alpha value is -2.49. The lowest BCUT2D eigenvalue weighted by atomic mass is 9.95. The van der Waals surface area contributed by atoms with Crippen molar-refractivity contribution in [1.82, 2.24) is 9.80 Å². The monoisotopic (exact) mass is 459 g/mol. The van der Waals surface area contributed by atoms with Crippen LogP contribution in [0.5, 0.6) is 0 Å². The largest absolute Gasteiger partial charge is 0.379 e. The van der Waals surface area contributed by atoms with Gasteiger partial charge >= 0.3 is 0 Å². The highest BCUT2D eigenvalue weighted by Gasteiger charge is 2.28. The van der Waals surface area contributed by atoms with E-state index in [-0.39, 0.29) is 17.2 Å². The fraction of sp³-hybridized carbons (Fsp3) is 0.435. The Labute approximate surface area is 190 Å². The second-order valence-corrected chi connectivity index (χ2v) is 9.20. The third-order valence-corrected chi connectivity index (χ3v) is 7.11. The van der Waals surface area contributed by atoms with Crippen LogP contribution >= 0.6 is 11.8 Å². The Morgan fingerprint density at radius 3 is 2.50 bits per heavy atom. The number of nitro benzene ring substituents is 1.